The number of thioether (sulfide) groups is 23. The van der Waals surface area contributed by atoms with E-state index in [0.717, 1.165) is 166 Å². The number of carbonyl (C=O) groups is 5. The summed E-state index contributed by atoms with van der Waals surface area (Å²) in [6.07, 6.45) is 0. The van der Waals surface area contributed by atoms with Crippen LogP contribution in [0.4, 0.5) is 0 Å². The molecule has 7 aromatic rings. The minimum Gasteiger partial charge on any atom is -0.480 e. The van der Waals surface area contributed by atoms with Crippen molar-refractivity contribution in [3.63, 3.8) is 0 Å². The highest BCUT2D eigenvalue weighted by Gasteiger charge is 2.57. The Bertz CT molecular complexity index is 6390. The van der Waals surface area contributed by atoms with E-state index in [1.807, 2.05) is 51.2 Å². The number of rotatable bonds is 16. The standard InChI is InChI=1S/C94H96O12S24/c1-29-101-77(95)47-65-53(107-83(5,6)119-65)41(54-66(47)120-84(7,8)108-54)39(42-55-67(121-85(9,10)109-55)48(78(96)102-30-2)68-56(42)110-86(11,12)122-68)45-61-73(127-91(21,22)115-61)51(74-62(45)116-92(23,24)128-74)81(99)105-37-33-35-38(36-34-37)106-82(100)52-75-63(117-93(25,26)129-75)46(64-76(52)130-94(27,28)118-64)40(43-57-69(123-87(13,14)111-57)49(79(97)103-31-3)70-58(43)112-88(15,16)124-70)44-59-71(125-89(17,18)113-59)50(80(98)104-32-4)72-60(44)114-90(19,20)126-72/h33-36H,29-32H2,1-28H3/p+1. The van der Waals surface area contributed by atoms with Gasteiger partial charge in [-0.1, -0.05) is 0 Å². The fourth-order valence-corrected chi connectivity index (χ4v) is 52.8. The van der Waals surface area contributed by atoms with Crippen molar-refractivity contribution in [3.05, 3.63) is 94.5 Å². The summed E-state index contributed by atoms with van der Waals surface area (Å²) in [7, 11) is 0. The number of carbonyl (C=O) groups excluding carboxylic acids is 5. The molecule has 0 amide bonds. The molecule has 7 aromatic carbocycles. The Morgan fingerprint density at radius 1 is 0.238 bits per heavy atom. The minimum absolute atomic E-state index is 0.0858. The zero-order chi connectivity index (χ0) is 93.4. The van der Waals surface area contributed by atoms with Crippen LogP contribution in [0, 0.1) is 4.51 Å². The summed E-state index contributed by atoms with van der Waals surface area (Å²) < 4.78 is 34.0. The second-order valence-corrected chi connectivity index (χ2v) is 79.8. The van der Waals surface area contributed by atoms with Gasteiger partial charge in [0.2, 0.25) is 19.9 Å². The highest BCUT2D eigenvalue weighted by molar-refractivity contribution is 8.25. The van der Waals surface area contributed by atoms with Gasteiger partial charge in [0.1, 0.15) is 11.5 Å². The zero-order valence-corrected chi connectivity index (χ0v) is 96.5. The fraction of sp³-hybridized carbons (Fsp3) is 0.468. The predicted octanol–water partition coefficient (Wildman–Crippen LogP) is 31.3. The molecule has 0 unspecified atom stereocenters. The van der Waals surface area contributed by atoms with Crippen LogP contribution in [0.5, 0.6) is 11.5 Å². The molecule has 12 nitrogen and oxygen atoms in total. The van der Waals surface area contributed by atoms with E-state index in [4.69, 9.17) is 28.4 Å². The third-order valence-electron chi connectivity index (χ3n) is 21.4. The lowest BCUT2D eigenvalue weighted by Crippen LogP contribution is -2.25. The van der Waals surface area contributed by atoms with Gasteiger partial charge in [0.15, 0.2) is 0 Å². The smallest absolute Gasteiger partial charge is 0.345 e. The molecule has 0 saturated carbocycles. The maximum atomic E-state index is 16.4. The monoisotopic (exact) mass is 2190 g/mol. The molecule has 1 N–H and O–H groups in total. The van der Waals surface area contributed by atoms with E-state index in [-0.39, 0.29) is 69.9 Å². The first-order valence-electron chi connectivity index (χ1n) is 42.5. The molecule has 0 saturated heterocycles. The number of hydrogen-bond acceptors (Lipinski definition) is 35. The van der Waals surface area contributed by atoms with Crippen molar-refractivity contribution in [2.45, 2.75) is 355 Å². The highest BCUT2D eigenvalue weighted by Crippen LogP contribution is 2.76. The number of ether oxygens (including phenoxy) is 6. The molecule has 130 heavy (non-hydrogen) atoms. The molecule has 12 heterocycles. The van der Waals surface area contributed by atoms with Crippen LogP contribution in [0.3, 0.4) is 0 Å². The van der Waals surface area contributed by atoms with E-state index in [1.54, 1.807) is 283 Å². The van der Waals surface area contributed by atoms with Crippen LogP contribution < -0.4 is 25.1 Å². The van der Waals surface area contributed by atoms with Gasteiger partial charge in [0.25, 0.3) is 5.95 Å². The second-order valence-electron chi connectivity index (χ2n) is 37.5. The van der Waals surface area contributed by atoms with Gasteiger partial charge in [-0.2, -0.15) is 0 Å². The summed E-state index contributed by atoms with van der Waals surface area (Å²) in [6, 6.07) is 6.92. The van der Waals surface area contributed by atoms with E-state index in [9.17, 15) is 19.5 Å². The Labute approximate surface area is 863 Å². The summed E-state index contributed by atoms with van der Waals surface area (Å²) in [4.78, 5) is 99.5. The molecule has 0 atom stereocenters. The Hall–Kier alpha value is -0.630. The molecule has 0 bridgehead atoms. The van der Waals surface area contributed by atoms with Crippen LogP contribution in [0.25, 0.3) is 17.1 Å². The molecule has 688 valence electrons. The van der Waals surface area contributed by atoms with Gasteiger partial charge in [0, 0.05) is 160 Å². The first-order chi connectivity index (χ1) is 60.5. The Balaban J connectivity index is 0.784. The van der Waals surface area contributed by atoms with Crippen LogP contribution in [0.15, 0.2) is 137 Å². The average molecular weight is 2190 g/mol. The maximum Gasteiger partial charge on any atom is 0.345 e. The average Bonchev–Trinajstić information content (AvgIpc) is 1.51. The molecule has 19 rings (SSSR count). The van der Waals surface area contributed by atoms with E-state index in [2.05, 4.69) is 166 Å². The predicted molar refractivity (Wildman–Crippen MR) is 573 cm³/mol. The van der Waals surface area contributed by atoms with Crippen LogP contribution in [0.1, 0.15) is 268 Å². The lowest BCUT2D eigenvalue weighted by molar-refractivity contribution is 0.0507. The lowest BCUT2D eigenvalue weighted by atomic mass is 9.92. The quantitative estimate of drug-likeness (QED) is 0.0319. The van der Waals surface area contributed by atoms with Crippen LogP contribution in [-0.4, -0.2) is 110 Å². The summed E-state index contributed by atoms with van der Waals surface area (Å²) in [5.74, 6) is -1.54. The molecule has 12 aliphatic rings. The number of aliphatic hydroxyl groups excluding tert-OH is 1. The fourth-order valence-electron chi connectivity index (χ4n) is 17.4. The Kier molecular flexibility index (Phi) is 25.7. The van der Waals surface area contributed by atoms with E-state index < -0.39 is 52.7 Å². The Morgan fingerprint density at radius 3 is 0.662 bits per heavy atom. The van der Waals surface area contributed by atoms with Crippen molar-refractivity contribution in [1.82, 2.24) is 0 Å². The topological polar surface area (TPSA) is 161 Å². The van der Waals surface area contributed by atoms with Crippen LogP contribution in [-0.2, 0) is 30.3 Å². The molecule has 0 radical (unpaired) electrons. The highest BCUT2D eigenvalue weighted by atomic mass is 32.2. The maximum absolute atomic E-state index is 16.4. The Morgan fingerprint density at radius 2 is 0.423 bits per heavy atom. The largest absolute Gasteiger partial charge is 0.480 e. The van der Waals surface area contributed by atoms with E-state index in [1.165, 1.54) is 0 Å². The summed E-state index contributed by atoms with van der Waals surface area (Å²) >= 11 is 42.2. The van der Waals surface area contributed by atoms with Crippen LogP contribution >= 0.6 is 271 Å². The molecule has 0 aromatic heterocycles. The van der Waals surface area contributed by atoms with Crippen molar-refractivity contribution in [3.8, 4) is 11.5 Å². The van der Waals surface area contributed by atoms with Crippen molar-refractivity contribution < 1.29 is 57.5 Å². The number of esters is 5. The first-order valence-corrected chi connectivity index (χ1v) is 62.1. The van der Waals surface area contributed by atoms with Gasteiger partial charge in [-0.25, -0.2) is 24.0 Å². The molecule has 12 aliphatic heterocycles. The van der Waals surface area contributed by atoms with E-state index in [0.29, 0.717) is 27.8 Å². The molecule has 0 fully saturated rings. The van der Waals surface area contributed by atoms with E-state index >= 15 is 9.59 Å². The molecular formula is C94H97O12S24+. The summed E-state index contributed by atoms with van der Waals surface area (Å²) in [6.45, 7) is 62.3. The molecule has 0 spiro atoms. The summed E-state index contributed by atoms with van der Waals surface area (Å²) in [5, 5.41) is 15.3. The number of hydrogen-bond donors (Lipinski definition) is 1. The van der Waals surface area contributed by atoms with Crippen LogP contribution in [0.2, 0.25) is 0 Å². The van der Waals surface area contributed by atoms with Gasteiger partial charge >= 0.3 is 29.8 Å². The number of fused-ring (bicyclic) bond motifs is 12. The van der Waals surface area contributed by atoms with Gasteiger partial charge in [-0.3, -0.25) is 0 Å². The minimum atomic E-state index is -0.508. The third kappa shape index (κ3) is 17.5. The summed E-state index contributed by atoms with van der Waals surface area (Å²) in [5.41, 5.74) is 9.09. The molecular weight excluding hydrogens is 2090 g/mol. The second kappa shape index (κ2) is 34.0. The van der Waals surface area contributed by atoms with Gasteiger partial charge in [-0.05, 0) is 216 Å². The SMILES string of the molecule is CCOC(=O)c1c2c(c(C(c3c4c(c(C(=O)Oc5ccc(OC(=O)c6c7c(c(C(c8c9c(c(C(=O)OCC)c%10c8SC(C)(C)S%10)SC(C)(C)S9)=c8c9c(c(C(=O)OCC)c%10c8=[S+]C(C)(C)S%10)SC(C)(C)S9)c8c6SC(C)(C)S8)SC(C)(C)S7)cc5)c5c3SC(C)(C)S5)SC(C)(C)S4)=c3c4c(c(=C(O)OCC)c5c3SC(C)(C)S5)SC(C)(C)S4)c3c1SC(C)(C)S3)SC(C)(C)S2. The van der Waals surface area contributed by atoms with Crippen molar-refractivity contribution in [2.75, 3.05) is 26.4 Å². The van der Waals surface area contributed by atoms with Gasteiger partial charge in [0.05, 0.1) is 114 Å². The first kappa shape index (κ1) is 98.2. The van der Waals surface area contributed by atoms with Crippen molar-refractivity contribution in [1.29, 1.82) is 0 Å². The van der Waals surface area contributed by atoms with Crippen molar-refractivity contribution >= 4 is 329 Å². The van der Waals surface area contributed by atoms with Crippen molar-refractivity contribution in [2.24, 2.45) is 0 Å². The third-order valence-corrected chi connectivity index (χ3v) is 55.4. The number of aliphatic hydroxyl groups is 1. The van der Waals surface area contributed by atoms with Gasteiger partial charge in [-0.15, -0.1) is 259 Å². The normalized spacial score (nSPS) is 21.6. The zero-order valence-electron chi connectivity index (χ0n) is 76.9. The number of benzene rings is 7. The lowest BCUT2D eigenvalue weighted by Gasteiger charge is -2.25. The van der Waals surface area contributed by atoms with Gasteiger partial charge < -0.3 is 33.5 Å². The molecule has 36 heteroatoms. The molecule has 0 aliphatic carbocycles.